The first-order valence-corrected chi connectivity index (χ1v) is 9.80. The van der Waals surface area contributed by atoms with Crippen LogP contribution in [0.15, 0.2) is 30.9 Å². The van der Waals surface area contributed by atoms with Crippen LogP contribution in [0, 0.1) is 6.92 Å². The molecule has 3 aromatic rings. The predicted octanol–water partition coefficient (Wildman–Crippen LogP) is 2.52. The second-order valence-corrected chi connectivity index (χ2v) is 7.43. The van der Waals surface area contributed by atoms with Crippen LogP contribution in [0.3, 0.4) is 0 Å². The van der Waals surface area contributed by atoms with Gasteiger partial charge in [-0.1, -0.05) is 13.0 Å². The molecule has 0 bridgehead atoms. The largest absolute Gasteiger partial charge is 0.383 e. The van der Waals surface area contributed by atoms with Crippen molar-refractivity contribution in [1.29, 1.82) is 0 Å². The monoisotopic (exact) mass is 411 g/mol. The topological polar surface area (TPSA) is 136 Å². The van der Waals surface area contributed by atoms with Crippen molar-refractivity contribution in [3.63, 3.8) is 0 Å². The van der Waals surface area contributed by atoms with Crippen molar-refractivity contribution in [2.24, 2.45) is 0 Å². The number of nitrogens with zero attached hydrogens (tertiary/aromatic N) is 4. The first kappa shape index (κ1) is 20.3. The predicted molar refractivity (Wildman–Crippen MR) is 111 cm³/mol. The molecule has 0 aliphatic heterocycles. The van der Waals surface area contributed by atoms with Crippen LogP contribution in [0.1, 0.15) is 56.2 Å². The zero-order valence-corrected chi connectivity index (χ0v) is 17.1. The second kappa shape index (κ2) is 8.74. The highest BCUT2D eigenvalue weighted by molar-refractivity contribution is 7.13. The fraction of sp³-hybridized carbons (Fsp3) is 0.263. The summed E-state index contributed by atoms with van der Waals surface area (Å²) in [4.78, 5) is 41.8. The lowest BCUT2D eigenvalue weighted by Gasteiger charge is -2.13. The molecule has 3 heterocycles. The highest BCUT2D eigenvalue weighted by atomic mass is 32.1. The summed E-state index contributed by atoms with van der Waals surface area (Å²) in [6.45, 7) is 5.59. The minimum Gasteiger partial charge on any atom is -0.383 e. The summed E-state index contributed by atoms with van der Waals surface area (Å²) in [5.41, 5.74) is 7.67. The van der Waals surface area contributed by atoms with Crippen LogP contribution < -0.4 is 16.4 Å². The van der Waals surface area contributed by atoms with Gasteiger partial charge in [0, 0.05) is 11.8 Å². The molecule has 1 atom stereocenters. The molecule has 1 unspecified atom stereocenters. The van der Waals surface area contributed by atoms with Gasteiger partial charge in [0.05, 0.1) is 12.2 Å². The van der Waals surface area contributed by atoms with E-state index >= 15 is 0 Å². The van der Waals surface area contributed by atoms with E-state index in [9.17, 15) is 9.59 Å². The molecule has 0 aliphatic rings. The maximum Gasteiger partial charge on any atom is 0.270 e. The summed E-state index contributed by atoms with van der Waals surface area (Å²) in [7, 11) is 0. The molecule has 9 nitrogen and oxygen atoms in total. The average molecular weight is 411 g/mol. The van der Waals surface area contributed by atoms with Gasteiger partial charge in [-0.15, -0.1) is 11.3 Å². The molecule has 150 valence electrons. The van der Waals surface area contributed by atoms with E-state index in [1.165, 1.54) is 23.9 Å². The molecule has 0 radical (unpaired) electrons. The first-order valence-electron chi connectivity index (χ1n) is 8.99. The molecule has 0 saturated carbocycles. The number of carbonyl (C=O) groups is 2. The third kappa shape index (κ3) is 4.72. The first-order chi connectivity index (χ1) is 13.9. The SMILES string of the molecule is CCc1c(N)ncnc1C(=O)NC(C)c1ncc(C(=O)Nc2ccc(C)cn2)s1. The number of nitrogens with two attached hydrogens (primary N) is 1. The van der Waals surface area contributed by atoms with E-state index in [-0.39, 0.29) is 17.5 Å². The molecule has 0 saturated heterocycles. The van der Waals surface area contributed by atoms with E-state index in [4.69, 9.17) is 5.73 Å². The third-order valence-electron chi connectivity index (χ3n) is 4.17. The number of aromatic nitrogens is 4. The van der Waals surface area contributed by atoms with Gasteiger partial charge in [0.2, 0.25) is 0 Å². The Kier molecular flexibility index (Phi) is 6.13. The van der Waals surface area contributed by atoms with Crippen molar-refractivity contribution in [3.8, 4) is 0 Å². The van der Waals surface area contributed by atoms with E-state index in [2.05, 4.69) is 30.6 Å². The smallest absolute Gasteiger partial charge is 0.270 e. The molecule has 2 amide bonds. The standard InChI is InChI=1S/C19H21N7O2S/c1-4-12-15(23-9-24-16(12)20)18(28)25-11(3)19-22-8-13(29-19)17(27)26-14-6-5-10(2)7-21-14/h5-9,11H,4H2,1-3H3,(H,25,28)(H2,20,23,24)(H,21,26,27). The maximum absolute atomic E-state index is 12.6. The lowest BCUT2D eigenvalue weighted by molar-refractivity contribution is 0.0933. The number of hydrogen-bond donors (Lipinski definition) is 3. The number of hydrogen-bond acceptors (Lipinski definition) is 8. The number of nitrogen functional groups attached to an aromatic ring is 1. The summed E-state index contributed by atoms with van der Waals surface area (Å²) >= 11 is 1.20. The van der Waals surface area contributed by atoms with Crippen LogP contribution in [0.2, 0.25) is 0 Å². The highest BCUT2D eigenvalue weighted by Crippen LogP contribution is 2.22. The maximum atomic E-state index is 12.6. The number of nitrogens with one attached hydrogen (secondary N) is 2. The van der Waals surface area contributed by atoms with Gasteiger partial charge in [-0.05, 0) is 31.9 Å². The summed E-state index contributed by atoms with van der Waals surface area (Å²) < 4.78 is 0. The van der Waals surface area contributed by atoms with Gasteiger partial charge in [0.15, 0.2) is 0 Å². The molecule has 4 N–H and O–H groups in total. The molecular weight excluding hydrogens is 390 g/mol. The van der Waals surface area contributed by atoms with E-state index < -0.39 is 6.04 Å². The van der Waals surface area contributed by atoms with Crippen molar-refractivity contribution in [2.45, 2.75) is 33.2 Å². The molecular formula is C19H21N7O2S. The van der Waals surface area contributed by atoms with Gasteiger partial charge in [-0.25, -0.2) is 19.9 Å². The number of anilines is 2. The quantitative estimate of drug-likeness (QED) is 0.567. The van der Waals surface area contributed by atoms with Gasteiger partial charge in [-0.3, -0.25) is 9.59 Å². The van der Waals surface area contributed by atoms with Crippen LogP contribution in [-0.2, 0) is 6.42 Å². The van der Waals surface area contributed by atoms with Gasteiger partial charge in [0.1, 0.15) is 33.5 Å². The number of pyridine rings is 1. The Balaban J connectivity index is 1.68. The summed E-state index contributed by atoms with van der Waals surface area (Å²) in [5.74, 6) is 0.0811. The van der Waals surface area contributed by atoms with Crippen LogP contribution in [-0.4, -0.2) is 31.8 Å². The number of aryl methyl sites for hydroxylation is 1. The number of rotatable bonds is 6. The van der Waals surface area contributed by atoms with Crippen LogP contribution in [0.4, 0.5) is 11.6 Å². The van der Waals surface area contributed by atoms with Crippen LogP contribution in [0.25, 0.3) is 0 Å². The van der Waals surface area contributed by atoms with Crippen molar-refractivity contribution < 1.29 is 9.59 Å². The van der Waals surface area contributed by atoms with Crippen molar-refractivity contribution in [3.05, 3.63) is 57.6 Å². The van der Waals surface area contributed by atoms with Gasteiger partial charge in [0.25, 0.3) is 11.8 Å². The highest BCUT2D eigenvalue weighted by Gasteiger charge is 2.20. The summed E-state index contributed by atoms with van der Waals surface area (Å²) in [5, 5.41) is 6.17. The van der Waals surface area contributed by atoms with Gasteiger partial charge < -0.3 is 16.4 Å². The fourth-order valence-electron chi connectivity index (χ4n) is 2.61. The normalized spacial score (nSPS) is 11.7. The van der Waals surface area contributed by atoms with Gasteiger partial charge >= 0.3 is 0 Å². The summed E-state index contributed by atoms with van der Waals surface area (Å²) in [6.07, 6.45) is 4.96. The van der Waals surface area contributed by atoms with E-state index in [1.54, 1.807) is 19.2 Å². The summed E-state index contributed by atoms with van der Waals surface area (Å²) in [6, 6.07) is 3.19. The van der Waals surface area contributed by atoms with Gasteiger partial charge in [-0.2, -0.15) is 0 Å². The minimum atomic E-state index is -0.410. The van der Waals surface area contributed by atoms with E-state index in [0.717, 1.165) is 5.56 Å². The Morgan fingerprint density at radius 2 is 1.93 bits per heavy atom. The molecule has 0 aromatic carbocycles. The Morgan fingerprint density at radius 3 is 2.62 bits per heavy atom. The average Bonchev–Trinajstić information content (AvgIpc) is 3.20. The molecule has 0 spiro atoms. The van der Waals surface area contributed by atoms with E-state index in [1.807, 2.05) is 19.9 Å². The second-order valence-electron chi connectivity index (χ2n) is 6.37. The van der Waals surface area contributed by atoms with Crippen LogP contribution in [0.5, 0.6) is 0 Å². The Morgan fingerprint density at radius 1 is 1.14 bits per heavy atom. The molecule has 10 heteroatoms. The number of thiazole rings is 1. The number of amides is 2. The Labute approximate surface area is 171 Å². The van der Waals surface area contributed by atoms with Crippen molar-refractivity contribution >= 4 is 34.8 Å². The fourth-order valence-corrected chi connectivity index (χ4v) is 3.42. The molecule has 0 fully saturated rings. The molecule has 0 aliphatic carbocycles. The third-order valence-corrected chi connectivity index (χ3v) is 5.34. The lowest BCUT2D eigenvalue weighted by atomic mass is 10.1. The molecule has 3 rings (SSSR count). The zero-order chi connectivity index (χ0) is 21.0. The lowest BCUT2D eigenvalue weighted by Crippen LogP contribution is -2.28. The van der Waals surface area contributed by atoms with Crippen molar-refractivity contribution in [1.82, 2.24) is 25.3 Å². The zero-order valence-electron chi connectivity index (χ0n) is 16.3. The van der Waals surface area contributed by atoms with E-state index in [0.29, 0.717) is 33.5 Å². The van der Waals surface area contributed by atoms with Crippen LogP contribution >= 0.6 is 11.3 Å². The Bertz CT molecular complexity index is 1030. The minimum absolute atomic E-state index is 0.242. The Hall–Kier alpha value is -3.40. The molecule has 29 heavy (non-hydrogen) atoms. The number of carbonyl (C=O) groups excluding carboxylic acids is 2. The molecule has 3 aromatic heterocycles. The van der Waals surface area contributed by atoms with Crippen molar-refractivity contribution in [2.75, 3.05) is 11.1 Å².